The molecule has 1 rings (SSSR count). The summed E-state index contributed by atoms with van der Waals surface area (Å²) in [5, 5.41) is 17.2. The molecule has 0 aliphatic carbocycles. The highest BCUT2D eigenvalue weighted by Gasteiger charge is 1.98. The number of nitrogens with zero attached hydrogens (tertiary/aromatic N) is 1. The average Bonchev–Trinajstić information content (AvgIpc) is 2.10. The summed E-state index contributed by atoms with van der Waals surface area (Å²) in [7, 11) is 0. The van der Waals surface area contributed by atoms with Crippen molar-refractivity contribution >= 4 is 5.57 Å². The summed E-state index contributed by atoms with van der Waals surface area (Å²) in [6.45, 7) is 1.97. The molecule has 12 heavy (non-hydrogen) atoms. The minimum absolute atomic E-state index is 0.287. The molecule has 0 spiro atoms. The number of aliphatic hydroxyl groups excluding tert-OH is 1. The van der Waals surface area contributed by atoms with Gasteiger partial charge >= 0.3 is 0 Å². The number of aliphatic hydroxyl groups is 1. The third-order valence-corrected chi connectivity index (χ3v) is 1.61. The zero-order chi connectivity index (χ0) is 8.97. The van der Waals surface area contributed by atoms with Gasteiger partial charge in [-0.05, 0) is 12.5 Å². The van der Waals surface area contributed by atoms with Crippen molar-refractivity contribution in [3.63, 3.8) is 0 Å². The fourth-order valence-electron chi connectivity index (χ4n) is 0.901. The number of hydrogen-bond acceptors (Lipinski definition) is 2. The third-order valence-electron chi connectivity index (χ3n) is 1.61. The van der Waals surface area contributed by atoms with Gasteiger partial charge in [0.25, 0.3) is 0 Å². The van der Waals surface area contributed by atoms with Gasteiger partial charge in [0.15, 0.2) is 0 Å². The highest BCUT2D eigenvalue weighted by molar-refractivity contribution is 5.75. The Labute approximate surface area is 71.4 Å². The van der Waals surface area contributed by atoms with Crippen LogP contribution >= 0.6 is 0 Å². The molecule has 0 amide bonds. The van der Waals surface area contributed by atoms with Gasteiger partial charge < -0.3 is 5.11 Å². The number of nitriles is 1. The summed E-state index contributed by atoms with van der Waals surface area (Å²) in [4.78, 5) is 0. The van der Waals surface area contributed by atoms with E-state index in [-0.39, 0.29) is 5.57 Å². The normalized spacial score (nSPS) is 10.8. The first kappa shape index (κ1) is 8.35. The minimum atomic E-state index is 0.287. The number of aryl methyl sites for hydroxylation is 1. The molecule has 0 saturated carbocycles. The van der Waals surface area contributed by atoms with Crippen molar-refractivity contribution in [2.24, 2.45) is 0 Å². The molecule has 0 aliphatic heterocycles. The van der Waals surface area contributed by atoms with Gasteiger partial charge in [0, 0.05) is 0 Å². The summed E-state index contributed by atoms with van der Waals surface area (Å²) >= 11 is 0. The van der Waals surface area contributed by atoms with Gasteiger partial charge in [-0.3, -0.25) is 0 Å². The van der Waals surface area contributed by atoms with Gasteiger partial charge in [0.2, 0.25) is 0 Å². The number of rotatable bonds is 1. The molecule has 0 fully saturated rings. The first-order valence-corrected chi connectivity index (χ1v) is 3.59. The smallest absolute Gasteiger partial charge is 0.103 e. The Morgan fingerprint density at radius 1 is 1.42 bits per heavy atom. The predicted molar refractivity (Wildman–Crippen MR) is 47.4 cm³/mol. The molecule has 2 nitrogen and oxygen atoms in total. The van der Waals surface area contributed by atoms with E-state index in [4.69, 9.17) is 10.4 Å². The second-order valence-electron chi connectivity index (χ2n) is 2.52. The van der Waals surface area contributed by atoms with Gasteiger partial charge in [-0.15, -0.1) is 0 Å². The molecule has 60 valence electrons. The first-order chi connectivity index (χ1) is 5.77. The van der Waals surface area contributed by atoms with Crippen LogP contribution in [-0.4, -0.2) is 5.11 Å². The predicted octanol–water partition coefficient (Wildman–Crippen LogP) is 2.42. The second-order valence-corrected chi connectivity index (χ2v) is 2.52. The average molecular weight is 159 g/mol. The van der Waals surface area contributed by atoms with Crippen molar-refractivity contribution < 1.29 is 5.11 Å². The molecule has 0 aliphatic rings. The molecular formula is C10H9NO. The lowest BCUT2D eigenvalue weighted by molar-refractivity contribution is 0.476. The maximum Gasteiger partial charge on any atom is 0.103 e. The van der Waals surface area contributed by atoms with Crippen LogP contribution in [0.5, 0.6) is 0 Å². The Morgan fingerprint density at radius 3 is 2.42 bits per heavy atom. The molecular weight excluding hydrogens is 150 g/mol. The van der Waals surface area contributed by atoms with Crippen molar-refractivity contribution in [2.45, 2.75) is 6.92 Å². The van der Waals surface area contributed by atoms with E-state index >= 15 is 0 Å². The van der Waals surface area contributed by atoms with Crippen molar-refractivity contribution in [1.82, 2.24) is 0 Å². The molecule has 0 radical (unpaired) electrons. The van der Waals surface area contributed by atoms with Gasteiger partial charge in [0.1, 0.15) is 6.07 Å². The van der Waals surface area contributed by atoms with Crippen molar-refractivity contribution in [1.29, 1.82) is 5.26 Å². The maximum atomic E-state index is 8.66. The molecule has 0 heterocycles. The Morgan fingerprint density at radius 2 is 2.00 bits per heavy atom. The fourth-order valence-corrected chi connectivity index (χ4v) is 0.901. The Balaban J connectivity index is 3.06. The van der Waals surface area contributed by atoms with E-state index in [1.807, 2.05) is 25.1 Å². The topological polar surface area (TPSA) is 44.0 Å². The molecule has 0 unspecified atom stereocenters. The molecule has 2 heteroatoms. The lowest BCUT2D eigenvalue weighted by Gasteiger charge is -1.96. The molecule has 1 N–H and O–H groups in total. The number of hydrogen-bond donors (Lipinski definition) is 1. The molecule has 0 saturated heterocycles. The van der Waals surface area contributed by atoms with Crippen LogP contribution in [0.2, 0.25) is 0 Å². The van der Waals surface area contributed by atoms with Crippen molar-refractivity contribution in [3.8, 4) is 6.07 Å². The zero-order valence-corrected chi connectivity index (χ0v) is 6.78. The SMILES string of the molecule is Cc1ccc(/C(C#N)=C\O)cc1. The van der Waals surface area contributed by atoms with Crippen LogP contribution < -0.4 is 0 Å². The lowest BCUT2D eigenvalue weighted by atomic mass is 10.1. The Kier molecular flexibility index (Phi) is 2.49. The molecule has 0 bridgehead atoms. The second kappa shape index (κ2) is 3.59. The molecule has 0 atom stereocenters. The zero-order valence-electron chi connectivity index (χ0n) is 6.78. The summed E-state index contributed by atoms with van der Waals surface area (Å²) in [5.74, 6) is 0. The van der Waals surface area contributed by atoms with Gasteiger partial charge in [-0.2, -0.15) is 5.26 Å². The van der Waals surface area contributed by atoms with Crippen LogP contribution in [0.1, 0.15) is 11.1 Å². The Hall–Kier alpha value is -1.75. The standard InChI is InChI=1S/C10H9NO/c1-8-2-4-9(5-3-8)10(6-11)7-12/h2-5,7,12H,1H3/b10-7-. The van der Waals surface area contributed by atoms with E-state index in [0.29, 0.717) is 0 Å². The maximum absolute atomic E-state index is 8.66. The minimum Gasteiger partial charge on any atom is -0.514 e. The molecule has 0 aromatic heterocycles. The monoisotopic (exact) mass is 159 g/mol. The summed E-state index contributed by atoms with van der Waals surface area (Å²) in [6.07, 6.45) is 0.824. The summed E-state index contributed by atoms with van der Waals surface area (Å²) < 4.78 is 0. The first-order valence-electron chi connectivity index (χ1n) is 3.59. The van der Waals surface area contributed by atoms with Crippen molar-refractivity contribution in [3.05, 3.63) is 41.7 Å². The van der Waals surface area contributed by atoms with Gasteiger partial charge in [-0.25, -0.2) is 0 Å². The van der Waals surface area contributed by atoms with Crippen LogP contribution in [0.15, 0.2) is 30.5 Å². The lowest BCUT2D eigenvalue weighted by Crippen LogP contribution is -1.81. The van der Waals surface area contributed by atoms with Gasteiger partial charge in [0.05, 0.1) is 11.8 Å². The van der Waals surface area contributed by atoms with E-state index < -0.39 is 0 Å². The largest absolute Gasteiger partial charge is 0.514 e. The molecule has 1 aromatic rings. The van der Waals surface area contributed by atoms with Crippen LogP contribution in [0.3, 0.4) is 0 Å². The van der Waals surface area contributed by atoms with E-state index in [1.165, 1.54) is 0 Å². The van der Waals surface area contributed by atoms with E-state index in [0.717, 1.165) is 17.4 Å². The number of benzene rings is 1. The highest BCUT2D eigenvalue weighted by atomic mass is 16.2. The van der Waals surface area contributed by atoms with Crippen LogP contribution in [0.25, 0.3) is 5.57 Å². The highest BCUT2D eigenvalue weighted by Crippen LogP contribution is 2.12. The third kappa shape index (κ3) is 1.64. The summed E-state index contributed by atoms with van der Waals surface area (Å²) in [6, 6.07) is 9.31. The summed E-state index contributed by atoms with van der Waals surface area (Å²) in [5.41, 5.74) is 2.16. The molecule has 1 aromatic carbocycles. The number of allylic oxidation sites excluding steroid dienone is 1. The van der Waals surface area contributed by atoms with Crippen LogP contribution in [-0.2, 0) is 0 Å². The van der Waals surface area contributed by atoms with E-state index in [2.05, 4.69) is 0 Å². The van der Waals surface area contributed by atoms with Crippen LogP contribution in [0, 0.1) is 18.3 Å². The van der Waals surface area contributed by atoms with E-state index in [1.54, 1.807) is 12.1 Å². The van der Waals surface area contributed by atoms with Crippen molar-refractivity contribution in [2.75, 3.05) is 0 Å². The van der Waals surface area contributed by atoms with Crippen LogP contribution in [0.4, 0.5) is 0 Å². The van der Waals surface area contributed by atoms with E-state index in [9.17, 15) is 0 Å². The Bertz CT molecular complexity index is 330. The quantitative estimate of drug-likeness (QED) is 0.505. The van der Waals surface area contributed by atoms with Gasteiger partial charge in [-0.1, -0.05) is 29.8 Å². The fraction of sp³-hybridized carbons (Fsp3) is 0.100.